The van der Waals surface area contributed by atoms with Gasteiger partial charge in [-0.25, -0.2) is 0 Å². The molecule has 92 valence electrons. The molecule has 0 radical (unpaired) electrons. The molecule has 0 saturated heterocycles. The number of fused-ring (bicyclic) bond motifs is 2. The van der Waals surface area contributed by atoms with Crippen LogP contribution in [0.25, 0.3) is 0 Å². The SMILES string of the molecule is Cc1cc(CO)c(C)c2c1Oc1ccccc1O2. The first-order valence-electron chi connectivity index (χ1n) is 5.89. The highest BCUT2D eigenvalue weighted by Crippen LogP contribution is 2.48. The molecule has 2 aromatic rings. The molecule has 1 aliphatic heterocycles. The van der Waals surface area contributed by atoms with Crippen LogP contribution >= 0.6 is 0 Å². The van der Waals surface area contributed by atoms with Crippen molar-refractivity contribution in [1.82, 2.24) is 0 Å². The Kier molecular flexibility index (Phi) is 2.49. The molecule has 0 amide bonds. The van der Waals surface area contributed by atoms with Crippen LogP contribution in [0, 0.1) is 13.8 Å². The van der Waals surface area contributed by atoms with Crippen LogP contribution in [0.2, 0.25) is 0 Å². The van der Waals surface area contributed by atoms with Gasteiger partial charge in [-0.3, -0.25) is 0 Å². The van der Waals surface area contributed by atoms with Crippen LogP contribution in [0.1, 0.15) is 16.7 Å². The number of para-hydroxylation sites is 2. The average molecular weight is 242 g/mol. The maximum atomic E-state index is 9.34. The van der Waals surface area contributed by atoms with E-state index in [9.17, 15) is 5.11 Å². The molecule has 3 heteroatoms. The number of rotatable bonds is 1. The fraction of sp³-hybridized carbons (Fsp3) is 0.200. The number of aliphatic hydroxyl groups is 1. The van der Waals surface area contributed by atoms with Gasteiger partial charge in [-0.1, -0.05) is 12.1 Å². The summed E-state index contributed by atoms with van der Waals surface area (Å²) >= 11 is 0. The molecule has 18 heavy (non-hydrogen) atoms. The average Bonchev–Trinajstić information content (AvgIpc) is 2.41. The molecule has 1 aliphatic rings. The van der Waals surface area contributed by atoms with E-state index in [-0.39, 0.29) is 6.61 Å². The Morgan fingerprint density at radius 2 is 1.61 bits per heavy atom. The zero-order valence-electron chi connectivity index (χ0n) is 10.4. The van der Waals surface area contributed by atoms with E-state index in [1.165, 1.54) is 0 Å². The quantitative estimate of drug-likeness (QED) is 0.707. The van der Waals surface area contributed by atoms with Crippen LogP contribution in [0.15, 0.2) is 30.3 Å². The molecule has 3 nitrogen and oxygen atoms in total. The number of aliphatic hydroxyl groups excluding tert-OH is 1. The lowest BCUT2D eigenvalue weighted by atomic mass is 10.0. The lowest BCUT2D eigenvalue weighted by Gasteiger charge is -2.24. The first kappa shape index (κ1) is 11.1. The maximum absolute atomic E-state index is 9.34. The lowest BCUT2D eigenvalue weighted by Crippen LogP contribution is -2.04. The third-order valence-electron chi connectivity index (χ3n) is 3.22. The van der Waals surface area contributed by atoms with E-state index >= 15 is 0 Å². The van der Waals surface area contributed by atoms with Crippen molar-refractivity contribution >= 4 is 0 Å². The van der Waals surface area contributed by atoms with Crippen molar-refractivity contribution in [3.05, 3.63) is 47.0 Å². The van der Waals surface area contributed by atoms with Gasteiger partial charge >= 0.3 is 0 Å². The summed E-state index contributed by atoms with van der Waals surface area (Å²) in [4.78, 5) is 0. The Morgan fingerprint density at radius 1 is 1.00 bits per heavy atom. The molecule has 1 heterocycles. The second-order valence-corrected chi connectivity index (χ2v) is 4.44. The summed E-state index contributed by atoms with van der Waals surface area (Å²) < 4.78 is 11.8. The molecule has 0 fully saturated rings. The molecule has 1 N–H and O–H groups in total. The summed E-state index contributed by atoms with van der Waals surface area (Å²) in [5.74, 6) is 2.88. The van der Waals surface area contributed by atoms with Crippen molar-refractivity contribution in [3.8, 4) is 23.0 Å². The predicted molar refractivity (Wildman–Crippen MR) is 68.4 cm³/mol. The predicted octanol–water partition coefficient (Wildman–Crippen LogP) is 3.69. The molecule has 0 atom stereocenters. The second kappa shape index (κ2) is 4.03. The molecular formula is C15H14O3. The van der Waals surface area contributed by atoms with Crippen molar-refractivity contribution in [3.63, 3.8) is 0 Å². The van der Waals surface area contributed by atoms with E-state index in [4.69, 9.17) is 9.47 Å². The van der Waals surface area contributed by atoms with E-state index in [0.29, 0.717) is 11.5 Å². The fourth-order valence-corrected chi connectivity index (χ4v) is 2.18. The van der Waals surface area contributed by atoms with Gasteiger partial charge in [0, 0.05) is 5.56 Å². The maximum Gasteiger partial charge on any atom is 0.173 e. The van der Waals surface area contributed by atoms with E-state index in [1.54, 1.807) is 0 Å². The standard InChI is InChI=1S/C15H14O3/c1-9-7-11(8-16)10(2)15-14(9)17-12-5-3-4-6-13(12)18-15/h3-7,16H,8H2,1-2H3. The van der Waals surface area contributed by atoms with Crippen molar-refractivity contribution in [1.29, 1.82) is 0 Å². The molecule has 0 unspecified atom stereocenters. The van der Waals surface area contributed by atoms with E-state index in [2.05, 4.69) is 0 Å². The van der Waals surface area contributed by atoms with Crippen molar-refractivity contribution < 1.29 is 14.6 Å². The Bertz CT molecular complexity index is 617. The summed E-state index contributed by atoms with van der Waals surface area (Å²) in [5, 5.41) is 9.34. The first-order chi connectivity index (χ1) is 8.70. The normalized spacial score (nSPS) is 12.2. The first-order valence-corrected chi connectivity index (χ1v) is 5.89. The Labute approximate surface area is 106 Å². The number of hydrogen-bond donors (Lipinski definition) is 1. The summed E-state index contributed by atoms with van der Waals surface area (Å²) in [6, 6.07) is 9.51. The number of aryl methyl sites for hydroxylation is 1. The third-order valence-corrected chi connectivity index (χ3v) is 3.22. The largest absolute Gasteiger partial charge is 0.449 e. The molecule has 0 saturated carbocycles. The molecular weight excluding hydrogens is 228 g/mol. The number of hydrogen-bond acceptors (Lipinski definition) is 3. The summed E-state index contributed by atoms with van der Waals surface area (Å²) in [7, 11) is 0. The number of ether oxygens (including phenoxy) is 2. The van der Waals surface area contributed by atoms with Crippen molar-refractivity contribution in [2.75, 3.05) is 0 Å². The molecule has 2 aromatic carbocycles. The van der Waals surface area contributed by atoms with Gasteiger partial charge in [0.05, 0.1) is 6.61 Å². The van der Waals surface area contributed by atoms with Crippen LogP contribution in [0.4, 0.5) is 0 Å². The molecule has 0 bridgehead atoms. The van der Waals surface area contributed by atoms with E-state index in [0.717, 1.165) is 28.2 Å². The third kappa shape index (κ3) is 1.56. The summed E-state index contributed by atoms with van der Waals surface area (Å²) in [6.45, 7) is 3.89. The van der Waals surface area contributed by atoms with Gasteiger partial charge in [0.15, 0.2) is 23.0 Å². The van der Waals surface area contributed by atoms with E-state index in [1.807, 2.05) is 44.2 Å². The summed E-state index contributed by atoms with van der Waals surface area (Å²) in [6.07, 6.45) is 0. The van der Waals surface area contributed by atoms with Crippen molar-refractivity contribution in [2.24, 2.45) is 0 Å². The topological polar surface area (TPSA) is 38.7 Å². The highest BCUT2D eigenvalue weighted by Gasteiger charge is 2.23. The van der Waals surface area contributed by atoms with Gasteiger partial charge in [-0.15, -0.1) is 0 Å². The second-order valence-electron chi connectivity index (χ2n) is 4.44. The van der Waals surface area contributed by atoms with Gasteiger partial charge < -0.3 is 14.6 Å². The monoisotopic (exact) mass is 242 g/mol. The van der Waals surface area contributed by atoms with Crippen LogP contribution in [-0.2, 0) is 6.61 Å². The molecule has 0 aliphatic carbocycles. The van der Waals surface area contributed by atoms with Gasteiger partial charge in [0.1, 0.15) is 0 Å². The van der Waals surface area contributed by atoms with E-state index < -0.39 is 0 Å². The van der Waals surface area contributed by atoms with Crippen LogP contribution in [0.3, 0.4) is 0 Å². The zero-order chi connectivity index (χ0) is 12.7. The fourth-order valence-electron chi connectivity index (χ4n) is 2.18. The minimum atomic E-state index is 0.00492. The smallest absolute Gasteiger partial charge is 0.173 e. The van der Waals surface area contributed by atoms with Crippen LogP contribution in [0.5, 0.6) is 23.0 Å². The Morgan fingerprint density at radius 3 is 2.22 bits per heavy atom. The zero-order valence-corrected chi connectivity index (χ0v) is 10.4. The molecule has 3 rings (SSSR count). The van der Waals surface area contributed by atoms with Gasteiger partial charge in [0.25, 0.3) is 0 Å². The lowest BCUT2D eigenvalue weighted by molar-refractivity contribution is 0.279. The molecule has 0 spiro atoms. The highest BCUT2D eigenvalue weighted by molar-refractivity contribution is 5.61. The van der Waals surface area contributed by atoms with Gasteiger partial charge in [0.2, 0.25) is 0 Å². The summed E-state index contributed by atoms with van der Waals surface area (Å²) in [5.41, 5.74) is 2.76. The Balaban J connectivity index is 2.18. The van der Waals surface area contributed by atoms with Gasteiger partial charge in [-0.05, 0) is 43.2 Å². The minimum absolute atomic E-state index is 0.00492. The highest BCUT2D eigenvalue weighted by atomic mass is 16.6. The van der Waals surface area contributed by atoms with Gasteiger partial charge in [-0.2, -0.15) is 0 Å². The van der Waals surface area contributed by atoms with Crippen LogP contribution < -0.4 is 9.47 Å². The molecule has 0 aromatic heterocycles. The van der Waals surface area contributed by atoms with Crippen LogP contribution in [-0.4, -0.2) is 5.11 Å². The van der Waals surface area contributed by atoms with Crippen molar-refractivity contribution in [2.45, 2.75) is 20.5 Å². The Hall–Kier alpha value is -2.00. The minimum Gasteiger partial charge on any atom is -0.449 e. The number of benzene rings is 2.